The smallest absolute Gasteiger partial charge is 0.333 e. The zero-order valence-electron chi connectivity index (χ0n) is 16.3. The van der Waals surface area contributed by atoms with E-state index in [0.717, 1.165) is 12.8 Å². The average molecular weight is 406 g/mol. The van der Waals surface area contributed by atoms with Gasteiger partial charge in [0.05, 0.1) is 6.61 Å². The molecule has 0 N–H and O–H groups in total. The van der Waals surface area contributed by atoms with Gasteiger partial charge in [-0.3, -0.25) is 0 Å². The quantitative estimate of drug-likeness (QED) is 0.181. The summed E-state index contributed by atoms with van der Waals surface area (Å²) >= 11 is 0. The Balaban J connectivity index is 0. The Labute approximate surface area is 161 Å². The van der Waals surface area contributed by atoms with E-state index in [1.54, 1.807) is 6.92 Å². The molecule has 0 aromatic heterocycles. The molecule has 0 aromatic rings. The lowest BCUT2D eigenvalue weighted by Gasteiger charge is -2.08. The summed E-state index contributed by atoms with van der Waals surface area (Å²) in [5.41, 5.74) is 0.489. The third-order valence-corrected chi connectivity index (χ3v) is 4.08. The van der Waals surface area contributed by atoms with Crippen molar-refractivity contribution in [1.82, 2.24) is 4.90 Å². The number of hydrogen-bond donors (Lipinski definition) is 0. The lowest BCUT2D eigenvalue weighted by molar-refractivity contribution is -0.139. The van der Waals surface area contributed by atoms with Crippen molar-refractivity contribution < 1.29 is 9.53 Å². The van der Waals surface area contributed by atoms with Gasteiger partial charge in [0.25, 0.3) is 0 Å². The molecule has 0 atom stereocenters. The van der Waals surface area contributed by atoms with E-state index in [9.17, 15) is 4.79 Å². The van der Waals surface area contributed by atoms with E-state index in [0.29, 0.717) is 12.2 Å². The van der Waals surface area contributed by atoms with Gasteiger partial charge >= 0.3 is 5.97 Å². The zero-order chi connectivity index (χ0) is 17.3. The van der Waals surface area contributed by atoms with Crippen molar-refractivity contribution in [2.75, 3.05) is 27.2 Å². The maximum atomic E-state index is 11.2. The number of esters is 1. The highest BCUT2D eigenvalue weighted by molar-refractivity contribution is 8.93. The van der Waals surface area contributed by atoms with Crippen LogP contribution in [0, 0.1) is 0 Å². The van der Waals surface area contributed by atoms with Gasteiger partial charge in [0, 0.05) is 5.57 Å². The van der Waals surface area contributed by atoms with E-state index in [1.807, 2.05) is 0 Å². The van der Waals surface area contributed by atoms with Crippen LogP contribution in [0.25, 0.3) is 0 Å². The van der Waals surface area contributed by atoms with Crippen molar-refractivity contribution in [3.8, 4) is 0 Å². The molecule has 0 aliphatic rings. The Kier molecular flexibility index (Phi) is 20.5. The standard InChI is InChI=1S/C20H39NO2.BrH/c1-19(2)20(22)23-18-16-14-12-10-8-6-5-7-9-11-13-15-17-21(3)4;/h1,5-18H2,2-4H3;1H. The van der Waals surface area contributed by atoms with Gasteiger partial charge in [0.2, 0.25) is 0 Å². The molecule has 0 bridgehead atoms. The van der Waals surface area contributed by atoms with Crippen molar-refractivity contribution in [2.24, 2.45) is 0 Å². The molecule has 0 saturated heterocycles. The van der Waals surface area contributed by atoms with Crippen molar-refractivity contribution in [3.63, 3.8) is 0 Å². The Bertz CT molecular complexity index is 306. The second-order valence-corrected chi connectivity index (χ2v) is 6.96. The van der Waals surface area contributed by atoms with Gasteiger partial charge < -0.3 is 9.64 Å². The minimum absolute atomic E-state index is 0. The van der Waals surface area contributed by atoms with Crippen molar-refractivity contribution in [2.45, 2.75) is 84.0 Å². The van der Waals surface area contributed by atoms with Crippen LogP contribution in [0.5, 0.6) is 0 Å². The number of carbonyl (C=O) groups excluding carboxylic acids is 1. The van der Waals surface area contributed by atoms with Gasteiger partial charge in [0.15, 0.2) is 0 Å². The number of ether oxygens (including phenoxy) is 1. The summed E-state index contributed by atoms with van der Waals surface area (Å²) in [4.78, 5) is 13.4. The fraction of sp³-hybridized carbons (Fsp3) is 0.850. The van der Waals surface area contributed by atoms with Gasteiger partial charge in [-0.15, -0.1) is 17.0 Å². The van der Waals surface area contributed by atoms with Crippen LogP contribution in [-0.2, 0) is 9.53 Å². The molecule has 24 heavy (non-hydrogen) atoms. The van der Waals surface area contributed by atoms with Crippen LogP contribution in [0.3, 0.4) is 0 Å². The first-order valence-electron chi connectivity index (χ1n) is 9.51. The van der Waals surface area contributed by atoms with Gasteiger partial charge in [-0.2, -0.15) is 0 Å². The van der Waals surface area contributed by atoms with E-state index in [2.05, 4.69) is 25.6 Å². The van der Waals surface area contributed by atoms with Crippen LogP contribution in [-0.4, -0.2) is 38.1 Å². The van der Waals surface area contributed by atoms with Crippen LogP contribution in [0.2, 0.25) is 0 Å². The van der Waals surface area contributed by atoms with E-state index in [4.69, 9.17) is 4.74 Å². The third kappa shape index (κ3) is 19.7. The van der Waals surface area contributed by atoms with Crippen LogP contribution in [0.15, 0.2) is 12.2 Å². The molecule has 0 aliphatic carbocycles. The highest BCUT2D eigenvalue weighted by Crippen LogP contribution is 2.12. The second kappa shape index (κ2) is 19.0. The minimum Gasteiger partial charge on any atom is -0.462 e. The predicted molar refractivity (Wildman–Crippen MR) is 110 cm³/mol. The molecule has 0 aliphatic heterocycles. The number of unbranched alkanes of at least 4 members (excludes halogenated alkanes) is 11. The maximum Gasteiger partial charge on any atom is 0.333 e. The largest absolute Gasteiger partial charge is 0.462 e. The number of halogens is 1. The van der Waals surface area contributed by atoms with Gasteiger partial charge in [-0.05, 0) is 40.4 Å². The SMILES string of the molecule is Br.C=C(C)C(=O)OCCCCCCCCCCCCCCN(C)C. The van der Waals surface area contributed by atoms with Crippen molar-refractivity contribution in [3.05, 3.63) is 12.2 Å². The molecule has 0 unspecified atom stereocenters. The molecule has 0 spiro atoms. The zero-order valence-corrected chi connectivity index (χ0v) is 18.0. The molecular formula is C20H40BrNO2. The average Bonchev–Trinajstić information content (AvgIpc) is 2.50. The molecule has 0 heterocycles. The molecule has 3 nitrogen and oxygen atoms in total. The van der Waals surface area contributed by atoms with Crippen molar-refractivity contribution in [1.29, 1.82) is 0 Å². The Morgan fingerprint density at radius 2 is 1.17 bits per heavy atom. The lowest BCUT2D eigenvalue weighted by Crippen LogP contribution is -2.12. The van der Waals surface area contributed by atoms with E-state index >= 15 is 0 Å². The normalized spacial score (nSPS) is 10.5. The summed E-state index contributed by atoms with van der Waals surface area (Å²) in [5.74, 6) is -0.258. The molecule has 0 fully saturated rings. The molecule has 4 heteroatoms. The fourth-order valence-electron chi connectivity index (χ4n) is 2.59. The Hall–Kier alpha value is -0.350. The lowest BCUT2D eigenvalue weighted by atomic mass is 10.1. The molecule has 144 valence electrons. The number of nitrogens with zero attached hydrogens (tertiary/aromatic N) is 1. The van der Waals surface area contributed by atoms with E-state index < -0.39 is 0 Å². The topological polar surface area (TPSA) is 29.5 Å². The summed E-state index contributed by atoms with van der Waals surface area (Å²) in [6.45, 7) is 7.03. The minimum atomic E-state index is -0.258. The molecule has 0 radical (unpaired) electrons. The van der Waals surface area contributed by atoms with Crippen LogP contribution < -0.4 is 0 Å². The van der Waals surface area contributed by atoms with Crippen LogP contribution in [0.4, 0.5) is 0 Å². The van der Waals surface area contributed by atoms with Gasteiger partial charge in [-0.1, -0.05) is 70.8 Å². The van der Waals surface area contributed by atoms with Crippen LogP contribution >= 0.6 is 17.0 Å². The molecule has 0 aromatic carbocycles. The van der Waals surface area contributed by atoms with Crippen LogP contribution in [0.1, 0.15) is 84.0 Å². The summed E-state index contributed by atoms with van der Waals surface area (Å²) in [7, 11) is 4.30. The first-order valence-corrected chi connectivity index (χ1v) is 9.51. The van der Waals surface area contributed by atoms with Crippen molar-refractivity contribution >= 4 is 23.0 Å². The monoisotopic (exact) mass is 405 g/mol. The number of rotatable bonds is 16. The molecule has 0 saturated carbocycles. The summed E-state index contributed by atoms with van der Waals surface area (Å²) < 4.78 is 5.08. The highest BCUT2D eigenvalue weighted by atomic mass is 79.9. The summed E-state index contributed by atoms with van der Waals surface area (Å²) in [6, 6.07) is 0. The third-order valence-electron chi connectivity index (χ3n) is 4.08. The number of hydrogen-bond acceptors (Lipinski definition) is 3. The fourth-order valence-corrected chi connectivity index (χ4v) is 2.59. The predicted octanol–water partition coefficient (Wildman–Crippen LogP) is 5.93. The van der Waals surface area contributed by atoms with Gasteiger partial charge in [-0.25, -0.2) is 4.79 Å². The summed E-state index contributed by atoms with van der Waals surface area (Å²) in [5, 5.41) is 0. The highest BCUT2D eigenvalue weighted by Gasteiger charge is 2.01. The Morgan fingerprint density at radius 1 is 0.792 bits per heavy atom. The molecular weight excluding hydrogens is 366 g/mol. The number of carbonyl (C=O) groups is 1. The first kappa shape index (κ1) is 25.9. The maximum absolute atomic E-state index is 11.2. The van der Waals surface area contributed by atoms with Gasteiger partial charge in [0.1, 0.15) is 0 Å². The summed E-state index contributed by atoms with van der Waals surface area (Å²) in [6.07, 6.45) is 15.8. The molecule has 0 rings (SSSR count). The second-order valence-electron chi connectivity index (χ2n) is 6.96. The molecule has 0 amide bonds. The Morgan fingerprint density at radius 3 is 1.54 bits per heavy atom. The van der Waals surface area contributed by atoms with E-state index in [-0.39, 0.29) is 23.0 Å². The first-order chi connectivity index (χ1) is 11.0. The van der Waals surface area contributed by atoms with E-state index in [1.165, 1.54) is 70.8 Å².